The minimum atomic E-state index is -1.46. The number of anilines is 3. The van der Waals surface area contributed by atoms with Crippen LogP contribution < -0.4 is 21.9 Å². The highest BCUT2D eigenvalue weighted by Gasteiger charge is 2.18. The van der Waals surface area contributed by atoms with Crippen LogP contribution in [0.1, 0.15) is 21.5 Å². The number of H-pyrrole nitrogens is 1. The van der Waals surface area contributed by atoms with Gasteiger partial charge in [-0.2, -0.15) is 0 Å². The molecule has 32 heavy (non-hydrogen) atoms. The van der Waals surface area contributed by atoms with Crippen LogP contribution in [0.5, 0.6) is 0 Å². The largest absolute Gasteiger partial charge is 0.392 e. The summed E-state index contributed by atoms with van der Waals surface area (Å²) in [6.07, 6.45) is -0.192. The molecule has 1 aromatic carbocycles. The summed E-state index contributed by atoms with van der Waals surface area (Å²) in [6, 6.07) is 6.64. The predicted molar refractivity (Wildman–Crippen MR) is 125 cm³/mol. The number of nitrogens with one attached hydrogen (secondary N) is 3. The SMILES string of the molecule is Cc1cccc(Cl)c1NC(=O)c1cnc(Nc2s[nH]c(=O)c2/C(N)=N/C(O)CO)cc1Cl. The third kappa shape index (κ3) is 5.26. The van der Waals surface area contributed by atoms with Gasteiger partial charge in [-0.15, -0.1) is 0 Å². The van der Waals surface area contributed by atoms with Crippen LogP contribution >= 0.6 is 34.7 Å². The average molecular weight is 497 g/mol. The van der Waals surface area contributed by atoms with E-state index in [0.29, 0.717) is 10.7 Å². The lowest BCUT2D eigenvalue weighted by atomic mass is 10.2. The number of aromatic nitrogens is 2. The molecule has 2 heterocycles. The van der Waals surface area contributed by atoms with Gasteiger partial charge in [0.1, 0.15) is 22.2 Å². The van der Waals surface area contributed by atoms with E-state index >= 15 is 0 Å². The smallest absolute Gasteiger partial charge is 0.271 e. The molecule has 7 N–H and O–H groups in total. The number of aliphatic imine (C=N–C) groups is 1. The number of carbonyl (C=O) groups is 1. The summed E-state index contributed by atoms with van der Waals surface area (Å²) in [5.41, 5.74) is 6.58. The van der Waals surface area contributed by atoms with E-state index in [2.05, 4.69) is 25.0 Å². The van der Waals surface area contributed by atoms with E-state index in [4.69, 9.17) is 34.0 Å². The number of halogens is 2. The van der Waals surface area contributed by atoms with Crippen LogP contribution in [0, 0.1) is 6.92 Å². The van der Waals surface area contributed by atoms with Crippen LogP contribution in [-0.2, 0) is 0 Å². The lowest BCUT2D eigenvalue weighted by Gasteiger charge is -2.12. The lowest BCUT2D eigenvalue weighted by Crippen LogP contribution is -2.25. The molecule has 1 amide bonds. The second-order valence-corrected chi connectivity index (χ2v) is 8.11. The van der Waals surface area contributed by atoms with Gasteiger partial charge in [-0.25, -0.2) is 9.98 Å². The number of aromatic amines is 1. The number of aryl methyl sites for hydroxylation is 1. The van der Waals surface area contributed by atoms with E-state index in [1.165, 1.54) is 12.3 Å². The quantitative estimate of drug-likeness (QED) is 0.215. The third-order valence-electron chi connectivity index (χ3n) is 4.21. The Balaban J connectivity index is 1.83. The Morgan fingerprint density at radius 3 is 2.78 bits per heavy atom. The van der Waals surface area contributed by atoms with Crippen molar-refractivity contribution in [3.8, 4) is 0 Å². The van der Waals surface area contributed by atoms with Gasteiger partial charge in [0.05, 0.1) is 27.9 Å². The summed E-state index contributed by atoms with van der Waals surface area (Å²) >= 11 is 13.4. The minimum Gasteiger partial charge on any atom is -0.392 e. The second-order valence-electron chi connectivity index (χ2n) is 6.48. The molecule has 1 atom stereocenters. The van der Waals surface area contributed by atoms with Crippen LogP contribution in [0.2, 0.25) is 10.0 Å². The number of hydrogen-bond acceptors (Lipinski definition) is 8. The van der Waals surface area contributed by atoms with Gasteiger partial charge in [0, 0.05) is 12.3 Å². The van der Waals surface area contributed by atoms with Gasteiger partial charge in [-0.3, -0.25) is 14.0 Å². The van der Waals surface area contributed by atoms with Crippen molar-refractivity contribution in [1.82, 2.24) is 9.36 Å². The Bertz CT molecular complexity index is 1220. The van der Waals surface area contributed by atoms with E-state index < -0.39 is 24.3 Å². The van der Waals surface area contributed by atoms with Crippen molar-refractivity contribution in [1.29, 1.82) is 0 Å². The number of aliphatic hydroxyl groups excluding tert-OH is 2. The molecule has 3 rings (SSSR count). The van der Waals surface area contributed by atoms with E-state index in [1.54, 1.807) is 12.1 Å². The van der Waals surface area contributed by atoms with Gasteiger partial charge >= 0.3 is 0 Å². The zero-order valence-corrected chi connectivity index (χ0v) is 18.8. The molecule has 0 aliphatic carbocycles. The first-order valence-corrected chi connectivity index (χ1v) is 10.6. The first kappa shape index (κ1) is 23.7. The van der Waals surface area contributed by atoms with Crippen LogP contribution in [0.3, 0.4) is 0 Å². The van der Waals surface area contributed by atoms with Crippen LogP contribution in [0.15, 0.2) is 40.2 Å². The maximum absolute atomic E-state index is 12.7. The van der Waals surface area contributed by atoms with Gasteiger partial charge in [0.25, 0.3) is 11.5 Å². The molecular formula is C19H18Cl2N6O4S. The minimum absolute atomic E-state index is 0.0311. The number of nitrogens with zero attached hydrogens (tertiary/aromatic N) is 2. The van der Waals surface area contributed by atoms with Gasteiger partial charge < -0.3 is 26.6 Å². The molecule has 1 unspecified atom stereocenters. The van der Waals surface area contributed by atoms with Gasteiger partial charge in [0.2, 0.25) is 0 Å². The van der Waals surface area contributed by atoms with Gasteiger partial charge in [-0.05, 0) is 30.1 Å². The Hall–Kier alpha value is -2.96. The number of para-hydroxylation sites is 1. The molecule has 168 valence electrons. The number of pyridine rings is 1. The first-order chi connectivity index (χ1) is 15.2. The molecule has 0 spiro atoms. The van der Waals surface area contributed by atoms with Crippen LogP contribution in [0.25, 0.3) is 0 Å². The molecule has 3 aromatic rings. The number of carbonyl (C=O) groups excluding carboxylic acids is 1. The van der Waals surface area contributed by atoms with E-state index in [1.807, 2.05) is 13.0 Å². The number of rotatable bonds is 7. The molecule has 0 aliphatic rings. The standard InChI is InChI=1S/C19H18Cl2N6O4S/c1-8-3-2-4-10(20)15(8)26-17(30)9-6-23-12(5-11(9)21)24-19-14(18(31)27-32-19)16(22)25-13(29)7-28/h2-6,13,28-29H,7H2,1H3,(H2,22,25)(H,23,24)(H,26,30)(H,27,31). The fourth-order valence-electron chi connectivity index (χ4n) is 2.64. The Morgan fingerprint density at radius 2 is 2.12 bits per heavy atom. The third-order valence-corrected chi connectivity index (χ3v) is 5.63. The van der Waals surface area contributed by atoms with Crippen molar-refractivity contribution in [3.05, 3.63) is 67.6 Å². The predicted octanol–water partition coefficient (Wildman–Crippen LogP) is 2.46. The number of amides is 1. The molecule has 10 nitrogen and oxygen atoms in total. The number of aliphatic hydroxyl groups is 2. The van der Waals surface area contributed by atoms with Crippen molar-refractivity contribution in [2.45, 2.75) is 13.2 Å². The zero-order chi connectivity index (χ0) is 23.4. The van der Waals surface area contributed by atoms with E-state index in [0.717, 1.165) is 17.1 Å². The Labute approximate surface area is 195 Å². The first-order valence-electron chi connectivity index (χ1n) is 9.04. The zero-order valence-electron chi connectivity index (χ0n) is 16.5. The normalized spacial score (nSPS) is 12.5. The molecule has 0 fully saturated rings. The highest BCUT2D eigenvalue weighted by molar-refractivity contribution is 7.10. The molecular weight excluding hydrogens is 479 g/mol. The molecule has 0 radical (unpaired) electrons. The Kier molecular flexibility index (Phi) is 7.48. The molecule has 0 saturated heterocycles. The molecule has 0 aliphatic heterocycles. The maximum atomic E-state index is 12.7. The van der Waals surface area contributed by atoms with Crippen molar-refractivity contribution < 1.29 is 15.0 Å². The molecule has 2 aromatic heterocycles. The summed E-state index contributed by atoms with van der Waals surface area (Å²) in [4.78, 5) is 32.5. The summed E-state index contributed by atoms with van der Waals surface area (Å²) in [7, 11) is 0. The van der Waals surface area contributed by atoms with Crippen molar-refractivity contribution >= 4 is 63.0 Å². The fourth-order valence-corrected chi connectivity index (χ4v) is 3.90. The second kappa shape index (κ2) is 10.1. The topological polar surface area (TPSA) is 166 Å². The summed E-state index contributed by atoms with van der Waals surface area (Å²) < 4.78 is 2.49. The van der Waals surface area contributed by atoms with E-state index in [9.17, 15) is 14.7 Å². The summed E-state index contributed by atoms with van der Waals surface area (Å²) in [5, 5.41) is 24.7. The van der Waals surface area contributed by atoms with Crippen molar-refractivity contribution in [2.75, 3.05) is 17.2 Å². The molecule has 13 heteroatoms. The highest BCUT2D eigenvalue weighted by Crippen LogP contribution is 2.28. The highest BCUT2D eigenvalue weighted by atomic mass is 35.5. The number of hydrogen-bond donors (Lipinski definition) is 6. The fraction of sp³-hybridized carbons (Fsp3) is 0.158. The van der Waals surface area contributed by atoms with Crippen LogP contribution in [0.4, 0.5) is 16.5 Å². The average Bonchev–Trinajstić information content (AvgIpc) is 3.10. The number of benzene rings is 1. The Morgan fingerprint density at radius 1 is 1.38 bits per heavy atom. The van der Waals surface area contributed by atoms with Crippen LogP contribution in [-0.4, -0.2) is 44.1 Å². The maximum Gasteiger partial charge on any atom is 0.271 e. The van der Waals surface area contributed by atoms with Gasteiger partial charge in [-0.1, -0.05) is 35.3 Å². The van der Waals surface area contributed by atoms with E-state index in [-0.39, 0.29) is 32.8 Å². The monoisotopic (exact) mass is 496 g/mol. The van der Waals surface area contributed by atoms with Crippen molar-refractivity contribution in [3.63, 3.8) is 0 Å². The van der Waals surface area contributed by atoms with Gasteiger partial charge in [0.15, 0.2) is 6.23 Å². The molecule has 0 saturated carbocycles. The number of nitrogens with two attached hydrogens (primary N) is 1. The summed E-state index contributed by atoms with van der Waals surface area (Å²) in [6.45, 7) is 1.16. The summed E-state index contributed by atoms with van der Waals surface area (Å²) in [5.74, 6) is -0.534. The number of amidine groups is 1. The van der Waals surface area contributed by atoms with Crippen molar-refractivity contribution in [2.24, 2.45) is 10.7 Å². The molecule has 0 bridgehead atoms. The lowest BCUT2D eigenvalue weighted by molar-refractivity contribution is 0.102.